The van der Waals surface area contributed by atoms with Crippen molar-refractivity contribution in [1.29, 1.82) is 0 Å². The topological polar surface area (TPSA) is 54.0 Å². The van der Waals surface area contributed by atoms with Crippen LogP contribution in [0.15, 0.2) is 83.5 Å². The van der Waals surface area contributed by atoms with Crippen molar-refractivity contribution >= 4 is 17.9 Å². The Labute approximate surface area is 219 Å². The standard InChI is InChI=1S/C32H34O5/c1-31(2)30(33)29-25(19-17-22-12-7-9-16-27(22)35-5)24-20-18-23(28(24)36-32(31,3)37-29)14-10-13-21-11-6-8-15-26(21)34-4/h6-17,19,28-29H,18,20H2,1-5H3/b13-10+,19-17+,23-14-/t28?,29-,32-/m1/s1. The van der Waals surface area contributed by atoms with E-state index in [-0.39, 0.29) is 11.9 Å². The average Bonchev–Trinajstić information content (AvgIpc) is 3.31. The molecule has 0 aromatic heterocycles. The number of carbonyl (C=O) groups is 1. The largest absolute Gasteiger partial charge is 0.496 e. The van der Waals surface area contributed by atoms with E-state index in [0.29, 0.717) is 0 Å². The molecular formula is C32H34O5. The second-order valence-corrected chi connectivity index (χ2v) is 10.3. The van der Waals surface area contributed by atoms with Gasteiger partial charge >= 0.3 is 0 Å². The van der Waals surface area contributed by atoms with Crippen LogP contribution in [-0.2, 0) is 14.3 Å². The van der Waals surface area contributed by atoms with Crippen molar-refractivity contribution in [2.45, 2.75) is 51.6 Å². The zero-order valence-corrected chi connectivity index (χ0v) is 22.1. The van der Waals surface area contributed by atoms with Crippen LogP contribution in [0.2, 0.25) is 0 Å². The lowest BCUT2D eigenvalue weighted by atomic mass is 9.78. The molecule has 2 aliphatic heterocycles. The van der Waals surface area contributed by atoms with Gasteiger partial charge in [-0.3, -0.25) is 4.79 Å². The predicted molar refractivity (Wildman–Crippen MR) is 145 cm³/mol. The van der Waals surface area contributed by atoms with Crippen LogP contribution in [0.3, 0.4) is 0 Å². The molecule has 37 heavy (non-hydrogen) atoms. The van der Waals surface area contributed by atoms with E-state index in [9.17, 15) is 4.79 Å². The van der Waals surface area contributed by atoms with Gasteiger partial charge in [0.2, 0.25) is 0 Å². The Morgan fingerprint density at radius 3 is 2.05 bits per heavy atom. The second kappa shape index (κ2) is 9.81. The number of hydrogen-bond acceptors (Lipinski definition) is 5. The molecule has 0 N–H and O–H groups in total. The number of para-hydroxylation sites is 2. The molecule has 1 unspecified atom stereocenters. The van der Waals surface area contributed by atoms with Gasteiger partial charge in [0.05, 0.1) is 19.6 Å². The fourth-order valence-corrected chi connectivity index (χ4v) is 5.39. The highest BCUT2D eigenvalue weighted by atomic mass is 16.7. The lowest BCUT2D eigenvalue weighted by Crippen LogP contribution is -2.46. The first-order chi connectivity index (χ1) is 17.8. The lowest BCUT2D eigenvalue weighted by molar-refractivity contribution is -0.252. The predicted octanol–water partition coefficient (Wildman–Crippen LogP) is 6.56. The van der Waals surface area contributed by atoms with Crippen molar-refractivity contribution in [3.8, 4) is 11.5 Å². The molecule has 2 fully saturated rings. The summed E-state index contributed by atoms with van der Waals surface area (Å²) in [5.41, 5.74) is 4.35. The van der Waals surface area contributed by atoms with Crippen LogP contribution < -0.4 is 9.47 Å². The van der Waals surface area contributed by atoms with Crippen molar-refractivity contribution in [2.75, 3.05) is 14.2 Å². The van der Waals surface area contributed by atoms with Crippen LogP contribution in [0.1, 0.15) is 44.7 Å². The van der Waals surface area contributed by atoms with E-state index in [1.165, 1.54) is 5.57 Å². The summed E-state index contributed by atoms with van der Waals surface area (Å²) in [7, 11) is 3.34. The Morgan fingerprint density at radius 1 is 0.811 bits per heavy atom. The van der Waals surface area contributed by atoms with Gasteiger partial charge in [-0.1, -0.05) is 66.8 Å². The maximum absolute atomic E-state index is 13.5. The molecule has 5 heteroatoms. The number of fused-ring (bicyclic) bond motifs is 3. The molecule has 0 spiro atoms. The third-order valence-corrected chi connectivity index (χ3v) is 7.97. The summed E-state index contributed by atoms with van der Waals surface area (Å²) in [6.45, 7) is 5.74. The molecule has 0 amide bonds. The highest BCUT2D eigenvalue weighted by Gasteiger charge is 2.62. The Hall–Kier alpha value is -3.41. The maximum atomic E-state index is 13.5. The van der Waals surface area contributed by atoms with Gasteiger partial charge in [-0.2, -0.15) is 0 Å². The number of ether oxygens (including phenoxy) is 4. The summed E-state index contributed by atoms with van der Waals surface area (Å²) in [4.78, 5) is 13.5. The maximum Gasteiger partial charge on any atom is 0.180 e. The summed E-state index contributed by atoms with van der Waals surface area (Å²) in [6.07, 6.45) is 11.0. The molecule has 5 rings (SSSR count). The van der Waals surface area contributed by atoms with Crippen LogP contribution in [0, 0.1) is 5.41 Å². The number of Topliss-reactive ketones (excluding diaryl/α,β-unsaturated/α-hetero) is 1. The lowest BCUT2D eigenvalue weighted by Gasteiger charge is -2.37. The van der Waals surface area contributed by atoms with E-state index in [2.05, 4.69) is 6.08 Å². The number of carbonyl (C=O) groups excluding carboxylic acids is 1. The highest BCUT2D eigenvalue weighted by Crippen LogP contribution is 2.53. The van der Waals surface area contributed by atoms with Crippen LogP contribution in [0.5, 0.6) is 11.5 Å². The third-order valence-electron chi connectivity index (χ3n) is 7.97. The third kappa shape index (κ3) is 4.36. The number of hydrogen-bond donors (Lipinski definition) is 0. The molecule has 0 radical (unpaired) electrons. The SMILES string of the molecule is COc1ccccc1/C=C/C=C1/CCC2=C(/C=C/c3ccccc3OC)[C@H]3O[C@@](C)(OC21)C(C)(C)C3=O. The quantitative estimate of drug-likeness (QED) is 0.452. The number of rotatable bonds is 6. The molecule has 2 bridgehead atoms. The van der Waals surface area contributed by atoms with Crippen molar-refractivity contribution in [2.24, 2.45) is 5.41 Å². The molecule has 1 saturated carbocycles. The average molecular weight is 499 g/mol. The first-order valence-electron chi connectivity index (χ1n) is 12.7. The van der Waals surface area contributed by atoms with Gasteiger partial charge < -0.3 is 18.9 Å². The first-order valence-corrected chi connectivity index (χ1v) is 12.7. The minimum Gasteiger partial charge on any atom is -0.496 e. The van der Waals surface area contributed by atoms with Crippen LogP contribution in [0.4, 0.5) is 0 Å². The summed E-state index contributed by atoms with van der Waals surface area (Å²) < 4.78 is 24.1. The van der Waals surface area contributed by atoms with Crippen LogP contribution >= 0.6 is 0 Å². The summed E-state index contributed by atoms with van der Waals surface area (Å²) in [6, 6.07) is 15.8. The molecule has 1 saturated heterocycles. The van der Waals surface area contributed by atoms with E-state index in [0.717, 1.165) is 46.6 Å². The Bertz CT molecular complexity index is 1330. The fourth-order valence-electron chi connectivity index (χ4n) is 5.39. The monoisotopic (exact) mass is 498 g/mol. The first kappa shape index (κ1) is 25.2. The van der Waals surface area contributed by atoms with E-state index >= 15 is 0 Å². The normalized spacial score (nSPS) is 27.8. The molecular weight excluding hydrogens is 464 g/mol. The second-order valence-electron chi connectivity index (χ2n) is 10.3. The van der Waals surface area contributed by atoms with Crippen LogP contribution in [0.25, 0.3) is 12.2 Å². The zero-order valence-electron chi connectivity index (χ0n) is 22.1. The molecule has 5 nitrogen and oxygen atoms in total. The Balaban J connectivity index is 1.55. The fraction of sp³-hybridized carbons (Fsp3) is 0.344. The highest BCUT2D eigenvalue weighted by molar-refractivity contribution is 5.95. The minimum atomic E-state index is -1.03. The van der Waals surface area contributed by atoms with Crippen molar-refractivity contribution in [1.82, 2.24) is 0 Å². The van der Waals surface area contributed by atoms with E-state index in [4.69, 9.17) is 18.9 Å². The number of benzene rings is 2. The van der Waals surface area contributed by atoms with Crippen LogP contribution in [-0.4, -0.2) is 38.0 Å². The van der Waals surface area contributed by atoms with Gasteiger partial charge in [0, 0.05) is 11.1 Å². The minimum absolute atomic E-state index is 0.0501. The smallest absolute Gasteiger partial charge is 0.180 e. The number of methoxy groups -OCH3 is 2. The van der Waals surface area contributed by atoms with E-state index in [1.54, 1.807) is 14.2 Å². The van der Waals surface area contributed by atoms with Gasteiger partial charge in [-0.05, 0) is 62.5 Å². The van der Waals surface area contributed by atoms with Gasteiger partial charge in [-0.25, -0.2) is 0 Å². The molecule has 3 atom stereocenters. The molecule has 192 valence electrons. The van der Waals surface area contributed by atoms with E-state index in [1.807, 2.05) is 93.6 Å². The Morgan fingerprint density at radius 2 is 1.41 bits per heavy atom. The van der Waals surface area contributed by atoms with Gasteiger partial charge in [0.25, 0.3) is 0 Å². The summed E-state index contributed by atoms with van der Waals surface area (Å²) >= 11 is 0. The van der Waals surface area contributed by atoms with Gasteiger partial charge in [-0.15, -0.1) is 0 Å². The summed E-state index contributed by atoms with van der Waals surface area (Å²) in [5.74, 6) is 0.634. The van der Waals surface area contributed by atoms with Gasteiger partial charge in [0.1, 0.15) is 23.7 Å². The molecule has 2 aromatic carbocycles. The Kier molecular flexibility index (Phi) is 6.69. The molecule has 1 aliphatic carbocycles. The molecule has 3 aliphatic rings. The zero-order chi connectivity index (χ0) is 26.2. The number of allylic oxidation sites excluding steroid dienone is 2. The van der Waals surface area contributed by atoms with Crippen molar-refractivity contribution < 1.29 is 23.7 Å². The molecule has 2 aromatic rings. The van der Waals surface area contributed by atoms with Gasteiger partial charge in [0.15, 0.2) is 11.6 Å². The van der Waals surface area contributed by atoms with Crippen molar-refractivity contribution in [3.63, 3.8) is 0 Å². The van der Waals surface area contributed by atoms with E-state index < -0.39 is 17.3 Å². The number of ketones is 1. The molecule has 2 heterocycles. The van der Waals surface area contributed by atoms with Crippen molar-refractivity contribution in [3.05, 3.63) is 94.6 Å². The summed E-state index contributed by atoms with van der Waals surface area (Å²) in [5, 5.41) is 0.